The molecule has 1 aromatic heterocycles. The Kier molecular flexibility index (Phi) is 4.43. The van der Waals surface area contributed by atoms with Crippen LogP contribution in [0.3, 0.4) is 0 Å². The summed E-state index contributed by atoms with van der Waals surface area (Å²) in [4.78, 5) is 3.78. The normalized spacial score (nSPS) is 11.8. The highest BCUT2D eigenvalue weighted by atomic mass is 32.2. The van der Waals surface area contributed by atoms with Crippen LogP contribution >= 0.6 is 11.8 Å². The zero-order chi connectivity index (χ0) is 12.2. The highest BCUT2D eigenvalue weighted by molar-refractivity contribution is 7.99. The number of rotatable bonds is 4. The van der Waals surface area contributed by atoms with Crippen molar-refractivity contribution in [3.8, 4) is 0 Å². The second-order valence-electron chi connectivity index (χ2n) is 3.04. The van der Waals surface area contributed by atoms with Gasteiger partial charge in [-0.15, -0.1) is 11.8 Å². The molecular formula is C9H11F3N2OS. The minimum Gasteiger partial charge on any atom is -0.396 e. The van der Waals surface area contributed by atoms with Gasteiger partial charge in [-0.25, -0.2) is 4.98 Å². The molecule has 0 unspecified atom stereocenters. The quantitative estimate of drug-likeness (QED) is 0.637. The molecule has 3 nitrogen and oxygen atoms in total. The summed E-state index contributed by atoms with van der Waals surface area (Å²) in [7, 11) is 0. The predicted octanol–water partition coefficient (Wildman–Crippen LogP) is 2.16. The Labute approximate surface area is 94.9 Å². The van der Waals surface area contributed by atoms with E-state index in [0.717, 1.165) is 23.9 Å². The van der Waals surface area contributed by atoms with E-state index in [9.17, 15) is 13.2 Å². The first-order valence-corrected chi connectivity index (χ1v) is 5.50. The number of nitrogen functional groups attached to an aromatic ring is 1. The summed E-state index contributed by atoms with van der Waals surface area (Å²) in [6, 6.07) is 1.76. The molecule has 16 heavy (non-hydrogen) atoms. The molecule has 90 valence electrons. The first-order chi connectivity index (χ1) is 7.43. The summed E-state index contributed by atoms with van der Waals surface area (Å²) in [5.74, 6) is 0.353. The molecule has 0 aliphatic rings. The third-order valence-electron chi connectivity index (χ3n) is 1.70. The van der Waals surface area contributed by atoms with Gasteiger partial charge in [0, 0.05) is 12.4 Å². The summed E-state index contributed by atoms with van der Waals surface area (Å²) in [6.45, 7) is 0.00143. The Morgan fingerprint density at radius 3 is 2.62 bits per heavy atom. The van der Waals surface area contributed by atoms with Crippen LogP contribution in [0.15, 0.2) is 17.2 Å². The number of alkyl halides is 3. The molecule has 3 N–H and O–H groups in total. The monoisotopic (exact) mass is 252 g/mol. The molecule has 0 aliphatic heterocycles. The maximum Gasteiger partial charge on any atom is 0.416 e. The number of nitrogens with two attached hydrogens (primary N) is 1. The molecule has 0 saturated carbocycles. The van der Waals surface area contributed by atoms with Gasteiger partial charge in [-0.2, -0.15) is 13.2 Å². The Hall–Kier alpha value is -0.950. The van der Waals surface area contributed by atoms with Crippen molar-refractivity contribution in [2.45, 2.75) is 17.6 Å². The maximum atomic E-state index is 12.4. The van der Waals surface area contributed by atoms with E-state index in [2.05, 4.69) is 4.98 Å². The number of aromatic nitrogens is 1. The molecule has 0 fully saturated rings. The molecule has 0 aliphatic carbocycles. The van der Waals surface area contributed by atoms with Gasteiger partial charge in [0.2, 0.25) is 0 Å². The van der Waals surface area contributed by atoms with Crippen LogP contribution in [0, 0.1) is 0 Å². The van der Waals surface area contributed by atoms with Gasteiger partial charge < -0.3 is 10.8 Å². The van der Waals surface area contributed by atoms with Crippen LogP contribution in [-0.4, -0.2) is 22.5 Å². The first-order valence-electron chi connectivity index (χ1n) is 4.52. The van der Waals surface area contributed by atoms with Crippen LogP contribution in [0.2, 0.25) is 0 Å². The van der Waals surface area contributed by atoms with E-state index >= 15 is 0 Å². The van der Waals surface area contributed by atoms with Gasteiger partial charge in [-0.05, 0) is 18.6 Å². The molecular weight excluding hydrogens is 241 g/mol. The Balaban J connectivity index is 2.82. The molecule has 0 radical (unpaired) electrons. The number of anilines is 1. The van der Waals surface area contributed by atoms with E-state index in [1.54, 1.807) is 0 Å². The fraction of sp³-hybridized carbons (Fsp3) is 0.444. The van der Waals surface area contributed by atoms with E-state index in [1.165, 1.54) is 0 Å². The van der Waals surface area contributed by atoms with Crippen molar-refractivity contribution in [3.63, 3.8) is 0 Å². The van der Waals surface area contributed by atoms with Crippen LogP contribution in [0.1, 0.15) is 12.0 Å². The summed E-state index contributed by atoms with van der Waals surface area (Å²) in [5, 5.41) is 8.77. The van der Waals surface area contributed by atoms with Gasteiger partial charge in [-0.3, -0.25) is 0 Å². The van der Waals surface area contributed by atoms with Crippen molar-refractivity contribution in [2.24, 2.45) is 0 Å². The highest BCUT2D eigenvalue weighted by Crippen LogP contribution is 2.32. The van der Waals surface area contributed by atoms with E-state index in [0.29, 0.717) is 12.2 Å². The Bertz CT molecular complexity index is 357. The van der Waals surface area contributed by atoms with Crippen molar-refractivity contribution >= 4 is 17.6 Å². The zero-order valence-corrected chi connectivity index (χ0v) is 9.11. The van der Waals surface area contributed by atoms with E-state index in [1.807, 2.05) is 0 Å². The first kappa shape index (κ1) is 13.1. The lowest BCUT2D eigenvalue weighted by atomic mass is 10.2. The molecule has 1 aromatic rings. The number of hydrogen-bond acceptors (Lipinski definition) is 4. The van der Waals surface area contributed by atoms with Crippen LogP contribution in [0.25, 0.3) is 0 Å². The molecule has 7 heteroatoms. The number of thioether (sulfide) groups is 1. The number of pyridine rings is 1. The Morgan fingerprint density at radius 1 is 1.38 bits per heavy atom. The molecule has 0 aromatic carbocycles. The number of hydrogen-bond donors (Lipinski definition) is 2. The summed E-state index contributed by atoms with van der Waals surface area (Å²) >= 11 is 1.14. The lowest BCUT2D eigenvalue weighted by Gasteiger charge is -2.09. The third-order valence-corrected chi connectivity index (χ3v) is 2.70. The van der Waals surface area contributed by atoms with Crippen LogP contribution in [0.4, 0.5) is 19.0 Å². The SMILES string of the molecule is Nc1cc(C(F)(F)F)cc(SCCCO)n1. The second kappa shape index (κ2) is 5.40. The largest absolute Gasteiger partial charge is 0.416 e. The van der Waals surface area contributed by atoms with Crippen LogP contribution < -0.4 is 5.73 Å². The number of nitrogens with zero attached hydrogens (tertiary/aromatic N) is 1. The average molecular weight is 252 g/mol. The van der Waals surface area contributed by atoms with E-state index in [4.69, 9.17) is 10.8 Å². The topological polar surface area (TPSA) is 59.1 Å². The number of aliphatic hydroxyl groups is 1. The molecule has 0 saturated heterocycles. The number of halogens is 3. The van der Waals surface area contributed by atoms with Crippen molar-refractivity contribution in [1.82, 2.24) is 4.98 Å². The lowest BCUT2D eigenvalue weighted by molar-refractivity contribution is -0.137. The van der Waals surface area contributed by atoms with Crippen LogP contribution in [0.5, 0.6) is 0 Å². The zero-order valence-electron chi connectivity index (χ0n) is 8.29. The highest BCUT2D eigenvalue weighted by Gasteiger charge is 2.31. The summed E-state index contributed by atoms with van der Waals surface area (Å²) in [5.41, 5.74) is 4.49. The average Bonchev–Trinajstić information content (AvgIpc) is 2.16. The minimum absolute atomic E-state index is 0.00143. The summed E-state index contributed by atoms with van der Waals surface area (Å²) < 4.78 is 37.2. The maximum absolute atomic E-state index is 12.4. The standard InChI is InChI=1S/C9H11F3N2OS/c10-9(11,12)6-4-7(13)14-8(5-6)16-3-1-2-15/h4-5,15H,1-3H2,(H2,13,14). The van der Waals surface area contributed by atoms with Gasteiger partial charge in [-0.1, -0.05) is 0 Å². The van der Waals surface area contributed by atoms with Crippen LogP contribution in [-0.2, 0) is 6.18 Å². The van der Waals surface area contributed by atoms with Crippen molar-refractivity contribution in [3.05, 3.63) is 17.7 Å². The van der Waals surface area contributed by atoms with Gasteiger partial charge in [0.25, 0.3) is 0 Å². The van der Waals surface area contributed by atoms with E-state index in [-0.39, 0.29) is 17.5 Å². The van der Waals surface area contributed by atoms with Gasteiger partial charge >= 0.3 is 6.18 Å². The molecule has 1 rings (SSSR count). The van der Waals surface area contributed by atoms with Crippen molar-refractivity contribution < 1.29 is 18.3 Å². The fourth-order valence-electron chi connectivity index (χ4n) is 1.00. The number of aliphatic hydroxyl groups excluding tert-OH is 1. The molecule has 0 amide bonds. The summed E-state index contributed by atoms with van der Waals surface area (Å²) in [6.07, 6.45) is -3.91. The third kappa shape index (κ3) is 3.90. The lowest BCUT2D eigenvalue weighted by Crippen LogP contribution is -2.07. The predicted molar refractivity (Wildman–Crippen MR) is 56.1 cm³/mol. The molecule has 0 spiro atoms. The van der Waals surface area contributed by atoms with E-state index < -0.39 is 11.7 Å². The van der Waals surface area contributed by atoms with Gasteiger partial charge in [0.05, 0.1) is 10.6 Å². The fourth-order valence-corrected chi connectivity index (χ4v) is 1.87. The molecule has 0 bridgehead atoms. The minimum atomic E-state index is -4.41. The van der Waals surface area contributed by atoms with Gasteiger partial charge in [0.1, 0.15) is 5.82 Å². The molecule has 0 atom stereocenters. The van der Waals surface area contributed by atoms with Gasteiger partial charge in [0.15, 0.2) is 0 Å². The Morgan fingerprint density at radius 2 is 2.06 bits per heavy atom. The smallest absolute Gasteiger partial charge is 0.396 e. The second-order valence-corrected chi connectivity index (χ2v) is 4.16. The van der Waals surface area contributed by atoms with Crippen molar-refractivity contribution in [1.29, 1.82) is 0 Å². The molecule has 1 heterocycles. The van der Waals surface area contributed by atoms with Crippen molar-refractivity contribution in [2.75, 3.05) is 18.1 Å².